The SMILES string of the molecule is CC1(CN)CCN(C/C=C/c2ccccc2[N+](=O)[O-])C1. The van der Waals surface area contributed by atoms with Gasteiger partial charge in [0, 0.05) is 19.2 Å². The maximum absolute atomic E-state index is 10.9. The van der Waals surface area contributed by atoms with Crippen molar-refractivity contribution in [1.82, 2.24) is 4.90 Å². The first-order valence-corrected chi connectivity index (χ1v) is 6.86. The predicted molar refractivity (Wildman–Crippen MR) is 80.3 cm³/mol. The summed E-state index contributed by atoms with van der Waals surface area (Å²) in [4.78, 5) is 12.9. The van der Waals surface area contributed by atoms with Gasteiger partial charge in [0.15, 0.2) is 0 Å². The molecule has 0 aromatic heterocycles. The van der Waals surface area contributed by atoms with Crippen molar-refractivity contribution in [2.24, 2.45) is 11.1 Å². The lowest BCUT2D eigenvalue weighted by atomic mass is 9.90. The number of nitro groups is 1. The van der Waals surface area contributed by atoms with Crippen molar-refractivity contribution in [2.75, 3.05) is 26.2 Å². The summed E-state index contributed by atoms with van der Waals surface area (Å²) in [5, 5.41) is 10.9. The lowest BCUT2D eigenvalue weighted by Crippen LogP contribution is -2.31. The van der Waals surface area contributed by atoms with Crippen molar-refractivity contribution in [2.45, 2.75) is 13.3 Å². The van der Waals surface area contributed by atoms with Crippen LogP contribution in [0.5, 0.6) is 0 Å². The lowest BCUT2D eigenvalue weighted by molar-refractivity contribution is -0.385. The van der Waals surface area contributed by atoms with Gasteiger partial charge in [-0.15, -0.1) is 0 Å². The molecule has 0 spiro atoms. The number of nitrogens with zero attached hydrogens (tertiary/aromatic N) is 2. The quantitative estimate of drug-likeness (QED) is 0.661. The Morgan fingerprint density at radius 2 is 2.25 bits per heavy atom. The van der Waals surface area contributed by atoms with Crippen LogP contribution in [-0.4, -0.2) is 36.0 Å². The highest BCUT2D eigenvalue weighted by Gasteiger charge is 2.31. The van der Waals surface area contributed by atoms with E-state index in [1.807, 2.05) is 18.2 Å². The number of rotatable bonds is 5. The van der Waals surface area contributed by atoms with Crippen molar-refractivity contribution < 1.29 is 4.92 Å². The van der Waals surface area contributed by atoms with Gasteiger partial charge in [0.25, 0.3) is 5.69 Å². The summed E-state index contributed by atoms with van der Waals surface area (Å²) in [5.74, 6) is 0. The molecule has 20 heavy (non-hydrogen) atoms. The largest absolute Gasteiger partial charge is 0.330 e. The number of likely N-dealkylation sites (tertiary alicyclic amines) is 1. The molecule has 0 bridgehead atoms. The number of hydrogen-bond acceptors (Lipinski definition) is 4. The molecule has 1 saturated heterocycles. The van der Waals surface area contributed by atoms with Crippen molar-refractivity contribution >= 4 is 11.8 Å². The molecule has 0 radical (unpaired) electrons. The van der Waals surface area contributed by atoms with Crippen molar-refractivity contribution in [3.8, 4) is 0 Å². The number of nitro benzene ring substituents is 1. The van der Waals surface area contributed by atoms with Crippen molar-refractivity contribution in [1.29, 1.82) is 0 Å². The summed E-state index contributed by atoms with van der Waals surface area (Å²) >= 11 is 0. The van der Waals surface area contributed by atoms with Gasteiger partial charge in [-0.1, -0.05) is 31.2 Å². The molecular formula is C15H21N3O2. The second-order valence-corrected chi connectivity index (χ2v) is 5.72. The zero-order chi connectivity index (χ0) is 14.6. The first-order valence-electron chi connectivity index (χ1n) is 6.86. The average molecular weight is 275 g/mol. The molecule has 1 aromatic carbocycles. The van der Waals surface area contributed by atoms with Gasteiger partial charge in [-0.05, 0) is 31.0 Å². The fourth-order valence-electron chi connectivity index (χ4n) is 2.57. The molecule has 1 atom stereocenters. The molecule has 2 N–H and O–H groups in total. The van der Waals surface area contributed by atoms with Crippen LogP contribution in [0.4, 0.5) is 5.69 Å². The van der Waals surface area contributed by atoms with Gasteiger partial charge in [0.05, 0.1) is 10.5 Å². The van der Waals surface area contributed by atoms with Crippen LogP contribution in [0.15, 0.2) is 30.3 Å². The summed E-state index contributed by atoms with van der Waals surface area (Å²) < 4.78 is 0. The van der Waals surface area contributed by atoms with E-state index in [1.54, 1.807) is 12.1 Å². The van der Waals surface area contributed by atoms with Gasteiger partial charge < -0.3 is 5.73 Å². The third-order valence-corrected chi connectivity index (χ3v) is 3.92. The van der Waals surface area contributed by atoms with Crippen LogP contribution in [0.2, 0.25) is 0 Å². The zero-order valence-electron chi connectivity index (χ0n) is 11.8. The molecule has 108 valence electrons. The van der Waals surface area contributed by atoms with Crippen molar-refractivity contribution in [3.05, 3.63) is 46.0 Å². The Bertz CT molecular complexity index is 516. The van der Waals surface area contributed by atoms with Gasteiger partial charge >= 0.3 is 0 Å². The molecule has 0 amide bonds. The minimum atomic E-state index is -0.346. The van der Waals surface area contributed by atoms with E-state index < -0.39 is 0 Å². The van der Waals surface area contributed by atoms with Crippen LogP contribution < -0.4 is 5.73 Å². The molecule has 0 saturated carbocycles. The Morgan fingerprint density at radius 1 is 1.50 bits per heavy atom. The Balaban J connectivity index is 1.97. The van der Waals surface area contributed by atoms with E-state index in [-0.39, 0.29) is 16.0 Å². The standard InChI is InChI=1S/C15H21N3O2/c1-15(11-16)8-10-17(12-15)9-4-6-13-5-2-3-7-14(13)18(19)20/h2-7H,8-12,16H2,1H3/b6-4+. The van der Waals surface area contributed by atoms with Crippen molar-refractivity contribution in [3.63, 3.8) is 0 Å². The van der Waals surface area contributed by atoms with Crippen LogP contribution >= 0.6 is 0 Å². The number of hydrogen-bond donors (Lipinski definition) is 1. The Kier molecular flexibility index (Phi) is 4.52. The third kappa shape index (κ3) is 3.43. The van der Waals surface area contributed by atoms with Gasteiger partial charge in [-0.2, -0.15) is 0 Å². The van der Waals surface area contributed by atoms with E-state index in [4.69, 9.17) is 5.73 Å². The van der Waals surface area contributed by atoms with Crippen LogP contribution in [0.1, 0.15) is 18.9 Å². The maximum atomic E-state index is 10.9. The topological polar surface area (TPSA) is 72.4 Å². The first-order chi connectivity index (χ1) is 9.54. The normalized spacial score (nSPS) is 23.5. The van der Waals surface area contributed by atoms with E-state index in [1.165, 1.54) is 6.07 Å². The highest BCUT2D eigenvalue weighted by atomic mass is 16.6. The highest BCUT2D eigenvalue weighted by molar-refractivity contribution is 5.60. The first kappa shape index (κ1) is 14.7. The van der Waals surface area contributed by atoms with Crippen LogP contribution in [0.25, 0.3) is 6.08 Å². The van der Waals surface area contributed by atoms with Gasteiger partial charge in [0.1, 0.15) is 0 Å². The van der Waals surface area contributed by atoms with Gasteiger partial charge in [-0.25, -0.2) is 0 Å². The maximum Gasteiger partial charge on any atom is 0.276 e. The molecule has 0 aliphatic carbocycles. The minimum absolute atomic E-state index is 0.150. The summed E-state index contributed by atoms with van der Waals surface area (Å²) in [6.45, 7) is 5.75. The van der Waals surface area contributed by atoms with Gasteiger partial charge in [0.2, 0.25) is 0 Å². The summed E-state index contributed by atoms with van der Waals surface area (Å²) in [6.07, 6.45) is 4.93. The smallest absolute Gasteiger partial charge is 0.276 e. The zero-order valence-corrected chi connectivity index (χ0v) is 11.8. The molecule has 1 aromatic rings. The van der Waals surface area contributed by atoms with Crippen LogP contribution in [0.3, 0.4) is 0 Å². The molecule has 5 heteroatoms. The molecule has 1 unspecified atom stereocenters. The molecule has 1 aliphatic rings. The van der Waals surface area contributed by atoms with E-state index in [2.05, 4.69) is 11.8 Å². The summed E-state index contributed by atoms with van der Waals surface area (Å²) in [7, 11) is 0. The minimum Gasteiger partial charge on any atom is -0.330 e. The lowest BCUT2D eigenvalue weighted by Gasteiger charge is -2.21. The van der Waals surface area contributed by atoms with E-state index in [9.17, 15) is 10.1 Å². The van der Waals surface area contributed by atoms with Gasteiger partial charge in [-0.3, -0.25) is 15.0 Å². The number of nitrogens with two attached hydrogens (primary N) is 1. The molecule has 1 aliphatic heterocycles. The molecule has 1 fully saturated rings. The second-order valence-electron chi connectivity index (χ2n) is 5.72. The van der Waals surface area contributed by atoms with Crippen LogP contribution in [0, 0.1) is 15.5 Å². The second kappa shape index (κ2) is 6.15. The van der Waals surface area contributed by atoms with E-state index in [0.29, 0.717) is 12.1 Å². The molecule has 5 nitrogen and oxygen atoms in total. The Labute approximate surface area is 119 Å². The number of benzene rings is 1. The van der Waals surface area contributed by atoms with E-state index >= 15 is 0 Å². The third-order valence-electron chi connectivity index (χ3n) is 3.92. The fourth-order valence-corrected chi connectivity index (χ4v) is 2.57. The molecular weight excluding hydrogens is 254 g/mol. The van der Waals surface area contributed by atoms with E-state index in [0.717, 1.165) is 26.1 Å². The predicted octanol–water partition coefficient (Wildman–Crippen LogP) is 2.28. The van der Waals surface area contributed by atoms with Crippen LogP contribution in [-0.2, 0) is 0 Å². The summed E-state index contributed by atoms with van der Waals surface area (Å²) in [6, 6.07) is 6.79. The number of para-hydroxylation sites is 1. The highest BCUT2D eigenvalue weighted by Crippen LogP contribution is 2.28. The average Bonchev–Trinajstić information content (AvgIpc) is 2.82. The fraction of sp³-hybridized carbons (Fsp3) is 0.467. The monoisotopic (exact) mass is 275 g/mol. The molecule has 1 heterocycles. The molecule has 2 rings (SSSR count). The Morgan fingerprint density at radius 3 is 2.90 bits per heavy atom. The summed E-state index contributed by atoms with van der Waals surface area (Å²) in [5.41, 5.74) is 6.80. The Hall–Kier alpha value is -1.72.